The van der Waals surface area contributed by atoms with Crippen molar-refractivity contribution in [2.45, 2.75) is 0 Å². The van der Waals surface area contributed by atoms with Crippen LogP contribution >= 0.6 is 0 Å². The summed E-state index contributed by atoms with van der Waals surface area (Å²) < 4.78 is 0. The topological polar surface area (TPSA) is 63.5 Å². The highest BCUT2D eigenvalue weighted by molar-refractivity contribution is 4.58. The molecule has 1 aliphatic rings. The van der Waals surface area contributed by atoms with Crippen LogP contribution in [0.3, 0.4) is 0 Å². The predicted octanol–water partition coefficient (Wildman–Crippen LogP) is -0.606. The molecule has 0 atom stereocenters. The van der Waals surface area contributed by atoms with Gasteiger partial charge in [0.1, 0.15) is 0 Å². The molecule has 4 nitrogen and oxygen atoms in total. The Morgan fingerprint density at radius 1 is 1.38 bits per heavy atom. The predicted molar refractivity (Wildman–Crippen MR) is 29.3 cm³/mol. The van der Waals surface area contributed by atoms with Crippen LogP contribution < -0.4 is 5.32 Å². The minimum atomic E-state index is 1.25. The number of aromatic amines is 1. The highest BCUT2D eigenvalue weighted by atomic mass is 15.3. The molecule has 1 saturated heterocycles. The molecule has 0 saturated carbocycles. The quantitative estimate of drug-likeness (QED) is 0.440. The van der Waals surface area contributed by atoms with Crippen LogP contribution in [0.5, 0.6) is 0 Å². The summed E-state index contributed by atoms with van der Waals surface area (Å²) in [6.45, 7) is 2.50. The second-order valence-electron chi connectivity index (χ2n) is 1.41. The zero-order chi connectivity index (χ0) is 5.66. The Bertz CT molecular complexity index is 91.6. The molecule has 1 aromatic rings. The first-order valence-electron chi connectivity index (χ1n) is 2.51. The standard InChI is InChI=1S/C2H3N3.C2H5N/c1-2-4-5-3-1;1-2-3-1/h1-2H,(H,3,4,5);3H,1-2H2. The Labute approximate surface area is 47.3 Å². The lowest BCUT2D eigenvalue weighted by Crippen LogP contribution is -1.61. The van der Waals surface area contributed by atoms with Crippen molar-refractivity contribution in [3.63, 3.8) is 0 Å². The van der Waals surface area contributed by atoms with E-state index < -0.39 is 0 Å². The van der Waals surface area contributed by atoms with Crippen LogP contribution in [0.4, 0.5) is 0 Å². The summed E-state index contributed by atoms with van der Waals surface area (Å²) in [7, 11) is 0. The van der Waals surface area contributed by atoms with Crippen LogP contribution in [0.15, 0.2) is 12.4 Å². The van der Waals surface area contributed by atoms with Gasteiger partial charge in [-0.05, 0) is 0 Å². The van der Waals surface area contributed by atoms with E-state index >= 15 is 0 Å². The second kappa shape index (κ2) is 3.15. The van der Waals surface area contributed by atoms with E-state index in [1.165, 1.54) is 13.1 Å². The fraction of sp³-hybridized carbons (Fsp3) is 0.500. The molecule has 0 bridgehead atoms. The average molecular weight is 112 g/mol. The zero-order valence-electron chi connectivity index (χ0n) is 4.46. The number of nitrogens with zero attached hydrogens (tertiary/aromatic N) is 2. The summed E-state index contributed by atoms with van der Waals surface area (Å²) >= 11 is 0. The molecule has 0 spiro atoms. The molecule has 0 amide bonds. The third-order valence-corrected chi connectivity index (χ3v) is 0.581. The van der Waals surface area contributed by atoms with Crippen LogP contribution in [0, 0.1) is 0 Å². The number of nitrogens with one attached hydrogen (secondary N) is 2. The Hall–Kier alpha value is -0.900. The zero-order valence-corrected chi connectivity index (χ0v) is 4.46. The molecule has 2 N–H and O–H groups in total. The Morgan fingerprint density at radius 2 is 2.12 bits per heavy atom. The van der Waals surface area contributed by atoms with E-state index in [1.807, 2.05) is 0 Å². The molecule has 2 heterocycles. The van der Waals surface area contributed by atoms with Gasteiger partial charge < -0.3 is 5.32 Å². The maximum Gasteiger partial charge on any atom is 0.0690 e. The second-order valence-corrected chi connectivity index (χ2v) is 1.41. The van der Waals surface area contributed by atoms with Gasteiger partial charge in [-0.25, -0.2) is 0 Å². The molecule has 0 unspecified atom stereocenters. The molecular formula is C4H8N4. The van der Waals surface area contributed by atoms with Crippen molar-refractivity contribution >= 4 is 0 Å². The first-order chi connectivity index (χ1) is 4.00. The van der Waals surface area contributed by atoms with Gasteiger partial charge in [-0.3, -0.25) is 5.10 Å². The minimum Gasteiger partial charge on any atom is -0.314 e. The lowest BCUT2D eigenvalue weighted by Gasteiger charge is -1.46. The van der Waals surface area contributed by atoms with E-state index in [4.69, 9.17) is 0 Å². The number of rotatable bonds is 0. The summed E-state index contributed by atoms with van der Waals surface area (Å²) in [6.07, 6.45) is 3.24. The molecule has 0 aliphatic carbocycles. The molecule has 44 valence electrons. The van der Waals surface area contributed by atoms with Crippen molar-refractivity contribution in [3.05, 3.63) is 12.4 Å². The third-order valence-electron chi connectivity index (χ3n) is 0.581. The molecule has 0 radical (unpaired) electrons. The van der Waals surface area contributed by atoms with E-state index in [1.54, 1.807) is 12.4 Å². The number of hydrogen-bond acceptors (Lipinski definition) is 3. The Morgan fingerprint density at radius 3 is 2.25 bits per heavy atom. The van der Waals surface area contributed by atoms with Crippen molar-refractivity contribution < 1.29 is 0 Å². The normalized spacial score (nSPS) is 14.0. The van der Waals surface area contributed by atoms with Gasteiger partial charge in [0, 0.05) is 19.3 Å². The summed E-state index contributed by atoms with van der Waals surface area (Å²) in [5.74, 6) is 0. The summed E-state index contributed by atoms with van der Waals surface area (Å²) in [5, 5.41) is 12.3. The fourth-order valence-corrected chi connectivity index (χ4v) is 0.167. The maximum absolute atomic E-state index is 3.42. The molecule has 1 aromatic heterocycles. The van der Waals surface area contributed by atoms with Gasteiger partial charge >= 0.3 is 0 Å². The minimum absolute atomic E-state index is 1.25. The first-order valence-corrected chi connectivity index (χ1v) is 2.51. The molecular weight excluding hydrogens is 104 g/mol. The van der Waals surface area contributed by atoms with Crippen LogP contribution in [0.2, 0.25) is 0 Å². The third kappa shape index (κ3) is 3.30. The van der Waals surface area contributed by atoms with Gasteiger partial charge in [-0.2, -0.15) is 0 Å². The lowest BCUT2D eigenvalue weighted by molar-refractivity contribution is 0.940. The number of aromatic nitrogens is 3. The largest absolute Gasteiger partial charge is 0.314 e. The summed E-state index contributed by atoms with van der Waals surface area (Å²) in [6, 6.07) is 0. The first kappa shape index (κ1) is 5.24. The van der Waals surface area contributed by atoms with Crippen molar-refractivity contribution in [2.24, 2.45) is 0 Å². The highest BCUT2D eigenvalue weighted by Gasteiger charge is 1.91. The van der Waals surface area contributed by atoms with Crippen molar-refractivity contribution in [2.75, 3.05) is 13.1 Å². The molecule has 8 heavy (non-hydrogen) atoms. The van der Waals surface area contributed by atoms with Gasteiger partial charge in [-0.1, -0.05) is 5.21 Å². The number of hydrogen-bond donors (Lipinski definition) is 2. The van der Waals surface area contributed by atoms with E-state index in [0.717, 1.165) is 0 Å². The van der Waals surface area contributed by atoms with Crippen molar-refractivity contribution in [1.82, 2.24) is 20.7 Å². The van der Waals surface area contributed by atoms with Crippen LogP contribution in [-0.4, -0.2) is 28.5 Å². The van der Waals surface area contributed by atoms with Crippen molar-refractivity contribution in [3.8, 4) is 0 Å². The molecule has 4 heteroatoms. The van der Waals surface area contributed by atoms with Gasteiger partial charge in [0.05, 0.1) is 6.20 Å². The van der Waals surface area contributed by atoms with Gasteiger partial charge in [0.25, 0.3) is 0 Å². The number of H-pyrrole nitrogens is 1. The fourth-order valence-electron chi connectivity index (χ4n) is 0.167. The van der Waals surface area contributed by atoms with E-state index in [2.05, 4.69) is 20.7 Å². The van der Waals surface area contributed by atoms with Gasteiger partial charge in [0.15, 0.2) is 0 Å². The van der Waals surface area contributed by atoms with Gasteiger partial charge in [0.2, 0.25) is 0 Å². The monoisotopic (exact) mass is 112 g/mol. The van der Waals surface area contributed by atoms with E-state index in [9.17, 15) is 0 Å². The molecule has 2 rings (SSSR count). The smallest absolute Gasteiger partial charge is 0.0690 e. The lowest BCUT2D eigenvalue weighted by atomic mass is 11.0. The van der Waals surface area contributed by atoms with E-state index in [-0.39, 0.29) is 0 Å². The molecule has 0 aromatic carbocycles. The molecule has 1 aliphatic heterocycles. The Kier molecular flexibility index (Phi) is 2.06. The van der Waals surface area contributed by atoms with Crippen LogP contribution in [0.25, 0.3) is 0 Å². The highest BCUT2D eigenvalue weighted by Crippen LogP contribution is 1.65. The Balaban J connectivity index is 0.0000000907. The van der Waals surface area contributed by atoms with Crippen molar-refractivity contribution in [1.29, 1.82) is 0 Å². The summed E-state index contributed by atoms with van der Waals surface area (Å²) in [5.41, 5.74) is 0. The molecule has 1 fully saturated rings. The average Bonchev–Trinajstić information content (AvgIpc) is 2.55. The van der Waals surface area contributed by atoms with Crippen LogP contribution in [-0.2, 0) is 0 Å². The van der Waals surface area contributed by atoms with Crippen LogP contribution in [0.1, 0.15) is 0 Å². The summed E-state index contributed by atoms with van der Waals surface area (Å²) in [4.78, 5) is 0. The maximum atomic E-state index is 3.42. The van der Waals surface area contributed by atoms with E-state index in [0.29, 0.717) is 0 Å². The SMILES string of the molecule is C1CN1.c1c[nH]nn1. The van der Waals surface area contributed by atoms with Gasteiger partial charge in [-0.15, -0.1) is 5.10 Å².